The first kappa shape index (κ1) is 32.7. The van der Waals surface area contributed by atoms with Crippen LogP contribution >= 0.6 is 11.6 Å². The summed E-state index contributed by atoms with van der Waals surface area (Å²) in [7, 11) is 0. The lowest BCUT2D eigenvalue weighted by Crippen LogP contribution is -2.27. The smallest absolute Gasteiger partial charge is 0.330 e. The van der Waals surface area contributed by atoms with Crippen LogP contribution in [0, 0.1) is 0 Å². The van der Waals surface area contributed by atoms with Crippen LogP contribution in [0.4, 0.5) is 0 Å². The molecule has 0 N–H and O–H groups in total. The van der Waals surface area contributed by atoms with Crippen molar-refractivity contribution in [1.29, 1.82) is 0 Å². The van der Waals surface area contributed by atoms with Gasteiger partial charge in [0.25, 0.3) is 0 Å². The van der Waals surface area contributed by atoms with Gasteiger partial charge < -0.3 is 9.47 Å². The first-order valence-corrected chi connectivity index (χ1v) is 16.3. The van der Waals surface area contributed by atoms with Gasteiger partial charge >= 0.3 is 5.97 Å². The second-order valence-electron chi connectivity index (χ2n) is 11.0. The van der Waals surface area contributed by atoms with Gasteiger partial charge in [-0.2, -0.15) is 0 Å². The molecule has 3 nitrogen and oxygen atoms in total. The van der Waals surface area contributed by atoms with Crippen molar-refractivity contribution in [3.8, 4) is 22.6 Å². The van der Waals surface area contributed by atoms with Crippen LogP contribution in [-0.4, -0.2) is 18.0 Å². The highest BCUT2D eigenvalue weighted by Gasteiger charge is 2.28. The van der Waals surface area contributed by atoms with E-state index in [1.54, 1.807) is 0 Å². The third-order valence-corrected chi connectivity index (χ3v) is 8.26. The molecular weight excluding hydrogens is 528 g/mol. The summed E-state index contributed by atoms with van der Waals surface area (Å²) in [6.45, 7) is 5.07. The number of hydrogen-bond acceptors (Lipinski definition) is 3. The minimum atomic E-state index is -0.746. The van der Waals surface area contributed by atoms with Gasteiger partial charge in [-0.25, -0.2) is 0 Å². The molecule has 0 aliphatic carbocycles. The predicted octanol–water partition coefficient (Wildman–Crippen LogP) is 11.1. The van der Waals surface area contributed by atoms with Crippen LogP contribution in [0.5, 0.6) is 11.5 Å². The van der Waals surface area contributed by atoms with Gasteiger partial charge in [-0.1, -0.05) is 139 Å². The number of esters is 1. The van der Waals surface area contributed by atoms with E-state index in [9.17, 15) is 4.79 Å². The molecule has 3 aromatic rings. The van der Waals surface area contributed by atoms with E-state index in [0.717, 1.165) is 41.9 Å². The molecule has 4 heteroatoms. The number of unbranched alkanes of at least 4 members (excludes halogenated alkanes) is 11. The zero-order valence-electron chi connectivity index (χ0n) is 25.2. The Morgan fingerprint density at radius 2 is 1.12 bits per heavy atom. The third kappa shape index (κ3) is 11.9. The van der Waals surface area contributed by atoms with Gasteiger partial charge in [-0.05, 0) is 53.8 Å². The van der Waals surface area contributed by atoms with E-state index in [1.165, 1.54) is 70.6 Å². The Balaban J connectivity index is 1.33. The van der Waals surface area contributed by atoms with Crippen molar-refractivity contribution in [2.24, 2.45) is 0 Å². The molecule has 3 rings (SSSR count). The molecule has 0 heterocycles. The number of rotatable bonds is 20. The molecule has 2 unspecified atom stereocenters. The molecule has 0 saturated heterocycles. The predicted molar refractivity (Wildman–Crippen MR) is 173 cm³/mol. The van der Waals surface area contributed by atoms with Crippen LogP contribution in [0.15, 0.2) is 78.9 Å². The molecule has 0 aliphatic heterocycles. The van der Waals surface area contributed by atoms with E-state index in [1.807, 2.05) is 73.7 Å². The number of hydrogen-bond donors (Lipinski definition) is 0. The summed E-state index contributed by atoms with van der Waals surface area (Å²) in [5, 5.41) is -0.746. The highest BCUT2D eigenvalue weighted by Crippen LogP contribution is 2.29. The molecule has 0 aromatic heterocycles. The number of alkyl halides is 1. The molecule has 41 heavy (non-hydrogen) atoms. The molecule has 222 valence electrons. The minimum absolute atomic E-state index is 0.0925. The van der Waals surface area contributed by atoms with Gasteiger partial charge in [-0.3, -0.25) is 4.79 Å². The van der Waals surface area contributed by atoms with Crippen LogP contribution < -0.4 is 9.47 Å². The fraction of sp³-hybridized carbons (Fsp3) is 0.486. The molecular formula is C37H49ClO3. The van der Waals surface area contributed by atoms with E-state index < -0.39 is 11.3 Å². The lowest BCUT2D eigenvalue weighted by molar-refractivity contribution is -0.134. The summed E-state index contributed by atoms with van der Waals surface area (Å²) in [5.41, 5.74) is 3.19. The molecule has 0 aliphatic rings. The van der Waals surface area contributed by atoms with Crippen molar-refractivity contribution < 1.29 is 14.3 Å². The highest BCUT2D eigenvalue weighted by molar-refractivity contribution is 6.30. The SMILES string of the molecule is CCCCCCCCCCCCCCOc1ccc(-c2ccc(OC(=O)C(Cl)C(CC)c3ccccc3)cc2)cc1. The second-order valence-corrected chi connectivity index (χ2v) is 11.5. The molecule has 0 saturated carbocycles. The number of ether oxygens (including phenoxy) is 2. The fourth-order valence-corrected chi connectivity index (χ4v) is 5.61. The molecule has 0 spiro atoms. The van der Waals surface area contributed by atoms with E-state index in [0.29, 0.717) is 5.75 Å². The van der Waals surface area contributed by atoms with Crippen molar-refractivity contribution in [3.63, 3.8) is 0 Å². The van der Waals surface area contributed by atoms with Crippen molar-refractivity contribution in [2.45, 2.75) is 109 Å². The lowest BCUT2D eigenvalue weighted by atomic mass is 9.93. The summed E-state index contributed by atoms with van der Waals surface area (Å²) >= 11 is 6.54. The largest absolute Gasteiger partial charge is 0.494 e. The fourth-order valence-electron chi connectivity index (χ4n) is 5.24. The zero-order valence-corrected chi connectivity index (χ0v) is 25.9. The summed E-state index contributed by atoms with van der Waals surface area (Å²) in [6, 6.07) is 25.6. The number of carbonyl (C=O) groups is 1. The standard InChI is InChI=1S/C37H49ClO3/c1-3-5-6-7-8-9-10-11-12-13-14-18-29-40-33-25-21-30(22-26-33)31-23-27-34(28-24-31)41-37(39)36(38)35(4-2)32-19-16-15-17-20-32/h15-17,19-28,35-36H,3-14,18,29H2,1-2H3. The maximum absolute atomic E-state index is 12.7. The van der Waals surface area contributed by atoms with E-state index in [-0.39, 0.29) is 5.92 Å². The van der Waals surface area contributed by atoms with E-state index >= 15 is 0 Å². The summed E-state index contributed by atoms with van der Waals surface area (Å²) < 4.78 is 11.6. The molecule has 0 bridgehead atoms. The Labute approximate surface area is 253 Å². The van der Waals surface area contributed by atoms with Gasteiger partial charge in [0.05, 0.1) is 6.61 Å². The van der Waals surface area contributed by atoms with E-state index in [2.05, 4.69) is 19.1 Å². The minimum Gasteiger partial charge on any atom is -0.494 e. The molecule has 0 amide bonds. The summed E-state index contributed by atoms with van der Waals surface area (Å²) in [6.07, 6.45) is 16.9. The van der Waals surface area contributed by atoms with Crippen LogP contribution in [-0.2, 0) is 4.79 Å². The van der Waals surface area contributed by atoms with Crippen molar-refractivity contribution in [1.82, 2.24) is 0 Å². The maximum Gasteiger partial charge on any atom is 0.330 e. The van der Waals surface area contributed by atoms with Crippen molar-refractivity contribution in [3.05, 3.63) is 84.4 Å². The average Bonchev–Trinajstić information content (AvgIpc) is 3.01. The van der Waals surface area contributed by atoms with Gasteiger partial charge in [0.2, 0.25) is 0 Å². The molecule has 0 fully saturated rings. The van der Waals surface area contributed by atoms with Gasteiger partial charge in [-0.15, -0.1) is 11.6 Å². The quantitative estimate of drug-likeness (QED) is 0.0580. The van der Waals surface area contributed by atoms with Crippen LogP contribution in [0.25, 0.3) is 11.1 Å². The van der Waals surface area contributed by atoms with Crippen molar-refractivity contribution >= 4 is 17.6 Å². The van der Waals surface area contributed by atoms with Gasteiger partial charge in [0, 0.05) is 5.92 Å². The highest BCUT2D eigenvalue weighted by atomic mass is 35.5. The Hall–Kier alpha value is -2.78. The van der Waals surface area contributed by atoms with Gasteiger partial charge in [0.1, 0.15) is 16.9 Å². The number of benzene rings is 3. The Morgan fingerprint density at radius 1 is 0.634 bits per heavy atom. The lowest BCUT2D eigenvalue weighted by Gasteiger charge is -2.20. The molecule has 0 radical (unpaired) electrons. The second kappa shape index (κ2) is 19.4. The third-order valence-electron chi connectivity index (χ3n) is 7.77. The van der Waals surface area contributed by atoms with Crippen molar-refractivity contribution in [2.75, 3.05) is 6.61 Å². The first-order chi connectivity index (χ1) is 20.1. The monoisotopic (exact) mass is 576 g/mol. The summed E-state index contributed by atoms with van der Waals surface area (Å²) in [4.78, 5) is 12.7. The summed E-state index contributed by atoms with van der Waals surface area (Å²) in [5.74, 6) is 0.879. The first-order valence-electron chi connectivity index (χ1n) is 15.9. The van der Waals surface area contributed by atoms with E-state index in [4.69, 9.17) is 21.1 Å². The maximum atomic E-state index is 12.7. The Kier molecular flexibility index (Phi) is 15.5. The topological polar surface area (TPSA) is 35.5 Å². The molecule has 2 atom stereocenters. The molecule has 3 aromatic carbocycles. The number of carbonyl (C=O) groups excluding carboxylic acids is 1. The number of halogens is 1. The van der Waals surface area contributed by atoms with Crippen LogP contribution in [0.1, 0.15) is 109 Å². The average molecular weight is 577 g/mol. The van der Waals surface area contributed by atoms with Gasteiger partial charge in [0.15, 0.2) is 0 Å². The van der Waals surface area contributed by atoms with Crippen LogP contribution in [0.2, 0.25) is 0 Å². The zero-order chi connectivity index (χ0) is 29.1. The Bertz CT molecular complexity index is 1100. The Morgan fingerprint density at radius 3 is 1.63 bits per heavy atom. The normalized spacial score (nSPS) is 12.6. The van der Waals surface area contributed by atoms with Crippen LogP contribution in [0.3, 0.4) is 0 Å².